The SMILES string of the molecule is CCCOc1ccc(C=NNc2ccc(S(=O)(=O)Nc3ccccc3OC)cc2[N+](=O)[O-])c(OCCC)c1. The number of anilines is 2. The first-order chi connectivity index (χ1) is 18.3. The fourth-order valence-corrected chi connectivity index (χ4v) is 4.39. The molecule has 0 amide bonds. The molecule has 3 rings (SSSR count). The van der Waals surface area contributed by atoms with Gasteiger partial charge in [-0.05, 0) is 49.2 Å². The van der Waals surface area contributed by atoms with Gasteiger partial charge in [-0.25, -0.2) is 8.42 Å². The number of hydrogen-bond acceptors (Lipinski definition) is 9. The van der Waals surface area contributed by atoms with Gasteiger partial charge in [0.25, 0.3) is 15.7 Å². The molecule has 0 bridgehead atoms. The molecule has 0 aliphatic heterocycles. The summed E-state index contributed by atoms with van der Waals surface area (Å²) >= 11 is 0. The Hall–Kier alpha value is -4.32. The second kappa shape index (κ2) is 13.3. The maximum Gasteiger partial charge on any atom is 0.295 e. The van der Waals surface area contributed by atoms with Crippen LogP contribution < -0.4 is 24.4 Å². The third-order valence-corrected chi connectivity index (χ3v) is 6.50. The Labute approximate surface area is 221 Å². The molecule has 0 heterocycles. The Morgan fingerprint density at radius 3 is 2.39 bits per heavy atom. The van der Waals surface area contributed by atoms with Crippen molar-refractivity contribution in [3.05, 3.63) is 76.3 Å². The van der Waals surface area contributed by atoms with Gasteiger partial charge in [0.1, 0.15) is 22.9 Å². The molecule has 0 aromatic heterocycles. The van der Waals surface area contributed by atoms with Gasteiger partial charge in [-0.15, -0.1) is 0 Å². The molecule has 202 valence electrons. The normalized spacial score (nSPS) is 11.2. The molecule has 0 atom stereocenters. The van der Waals surface area contributed by atoms with Crippen LogP contribution in [-0.4, -0.2) is 39.9 Å². The van der Waals surface area contributed by atoms with E-state index in [4.69, 9.17) is 14.2 Å². The minimum Gasteiger partial charge on any atom is -0.495 e. The fourth-order valence-electron chi connectivity index (χ4n) is 3.30. The Morgan fingerprint density at radius 1 is 0.947 bits per heavy atom. The van der Waals surface area contributed by atoms with Gasteiger partial charge in [-0.3, -0.25) is 20.3 Å². The van der Waals surface area contributed by atoms with E-state index in [0.717, 1.165) is 18.9 Å². The number of benzene rings is 3. The van der Waals surface area contributed by atoms with E-state index in [1.54, 1.807) is 36.4 Å². The molecule has 2 N–H and O–H groups in total. The van der Waals surface area contributed by atoms with Crippen molar-refractivity contribution in [3.8, 4) is 17.2 Å². The first-order valence-corrected chi connectivity index (χ1v) is 13.4. The number of nitrogens with one attached hydrogen (secondary N) is 2. The molecular weight excluding hydrogens is 512 g/mol. The van der Waals surface area contributed by atoms with Gasteiger partial charge < -0.3 is 14.2 Å². The van der Waals surface area contributed by atoms with Crippen molar-refractivity contribution < 1.29 is 27.6 Å². The molecule has 12 heteroatoms. The Morgan fingerprint density at radius 2 is 1.68 bits per heavy atom. The lowest BCUT2D eigenvalue weighted by molar-refractivity contribution is -0.384. The highest BCUT2D eigenvalue weighted by molar-refractivity contribution is 7.92. The average Bonchev–Trinajstić information content (AvgIpc) is 2.91. The number of ether oxygens (including phenoxy) is 3. The van der Waals surface area contributed by atoms with Gasteiger partial charge >= 0.3 is 0 Å². The van der Waals surface area contributed by atoms with Crippen LogP contribution in [0.3, 0.4) is 0 Å². The van der Waals surface area contributed by atoms with E-state index >= 15 is 0 Å². The lowest BCUT2D eigenvalue weighted by atomic mass is 10.2. The number of sulfonamides is 1. The number of nitrogens with zero attached hydrogens (tertiary/aromatic N) is 2. The predicted octanol–water partition coefficient (Wildman–Crippen LogP) is 5.43. The number of nitro groups is 1. The summed E-state index contributed by atoms with van der Waals surface area (Å²) in [6.45, 7) is 5.07. The minimum atomic E-state index is -4.14. The van der Waals surface area contributed by atoms with Crippen molar-refractivity contribution in [2.75, 3.05) is 30.5 Å². The average molecular weight is 543 g/mol. The van der Waals surface area contributed by atoms with Crippen LogP contribution in [0.4, 0.5) is 17.1 Å². The molecule has 0 aliphatic rings. The van der Waals surface area contributed by atoms with Crippen molar-refractivity contribution in [1.82, 2.24) is 0 Å². The second-order valence-electron chi connectivity index (χ2n) is 8.01. The molecule has 0 spiro atoms. The largest absolute Gasteiger partial charge is 0.495 e. The smallest absolute Gasteiger partial charge is 0.295 e. The number of hydrogen-bond donors (Lipinski definition) is 2. The van der Waals surface area contributed by atoms with Crippen molar-refractivity contribution in [1.29, 1.82) is 0 Å². The van der Waals surface area contributed by atoms with Gasteiger partial charge in [0, 0.05) is 17.7 Å². The fraction of sp³-hybridized carbons (Fsp3) is 0.269. The Balaban J connectivity index is 1.83. The van der Waals surface area contributed by atoms with E-state index in [1.807, 2.05) is 13.8 Å². The number of hydrazone groups is 1. The zero-order valence-electron chi connectivity index (χ0n) is 21.3. The van der Waals surface area contributed by atoms with Crippen LogP contribution in [0, 0.1) is 10.1 Å². The van der Waals surface area contributed by atoms with E-state index in [1.165, 1.54) is 31.5 Å². The molecule has 0 unspecified atom stereocenters. The standard InChI is InChI=1S/C26H30N4O7S/c1-4-14-36-20-11-10-19(26(16-20)37-15-5-2)18-27-28-22-13-12-21(17-24(22)30(31)32)38(33,34)29-23-8-6-7-9-25(23)35-3/h6-13,16-18,28-29H,4-5,14-15H2,1-3H3. The zero-order valence-corrected chi connectivity index (χ0v) is 22.2. The van der Waals surface area contributed by atoms with Crippen molar-refractivity contribution >= 4 is 33.3 Å². The van der Waals surface area contributed by atoms with Crippen LogP contribution in [-0.2, 0) is 10.0 Å². The van der Waals surface area contributed by atoms with Crippen molar-refractivity contribution in [2.24, 2.45) is 5.10 Å². The van der Waals surface area contributed by atoms with Crippen molar-refractivity contribution in [3.63, 3.8) is 0 Å². The highest BCUT2D eigenvalue weighted by atomic mass is 32.2. The second-order valence-corrected chi connectivity index (χ2v) is 9.69. The van der Waals surface area contributed by atoms with Gasteiger partial charge in [0.15, 0.2) is 0 Å². The van der Waals surface area contributed by atoms with Crippen LogP contribution in [0.15, 0.2) is 70.7 Å². The summed E-state index contributed by atoms with van der Waals surface area (Å²) in [7, 11) is -2.73. The molecule has 0 radical (unpaired) electrons. The number of rotatable bonds is 14. The third kappa shape index (κ3) is 7.35. The molecule has 3 aromatic carbocycles. The molecule has 0 fully saturated rings. The summed E-state index contributed by atoms with van der Waals surface area (Å²) in [5, 5.41) is 15.8. The predicted molar refractivity (Wildman–Crippen MR) is 146 cm³/mol. The Bertz CT molecular complexity index is 1390. The van der Waals surface area contributed by atoms with E-state index in [0.29, 0.717) is 36.0 Å². The number of methoxy groups -OCH3 is 1. The van der Waals surface area contributed by atoms with E-state index < -0.39 is 20.6 Å². The van der Waals surface area contributed by atoms with Crippen LogP contribution in [0.1, 0.15) is 32.3 Å². The minimum absolute atomic E-state index is 0.0152. The highest BCUT2D eigenvalue weighted by Crippen LogP contribution is 2.31. The molecular formula is C26H30N4O7S. The summed E-state index contributed by atoms with van der Waals surface area (Å²) < 4.78 is 44.8. The lowest BCUT2D eigenvalue weighted by Gasteiger charge is -2.12. The van der Waals surface area contributed by atoms with E-state index in [-0.39, 0.29) is 16.3 Å². The van der Waals surface area contributed by atoms with E-state index in [2.05, 4.69) is 15.2 Å². The molecule has 0 aliphatic carbocycles. The molecule has 0 saturated carbocycles. The first-order valence-electron chi connectivity index (χ1n) is 11.9. The van der Waals surface area contributed by atoms with Gasteiger partial charge in [-0.1, -0.05) is 26.0 Å². The van der Waals surface area contributed by atoms with Crippen LogP contribution >= 0.6 is 0 Å². The topological polar surface area (TPSA) is 141 Å². The van der Waals surface area contributed by atoms with Gasteiger partial charge in [0.05, 0.1) is 42.0 Å². The summed E-state index contributed by atoms with van der Waals surface area (Å²) in [4.78, 5) is 10.8. The number of para-hydroxylation sites is 2. The first kappa shape index (κ1) is 28.3. The summed E-state index contributed by atoms with van der Waals surface area (Å²) in [6.07, 6.45) is 3.14. The van der Waals surface area contributed by atoms with Crippen molar-refractivity contribution in [2.45, 2.75) is 31.6 Å². The maximum absolute atomic E-state index is 12.9. The van der Waals surface area contributed by atoms with Gasteiger partial charge in [0.2, 0.25) is 0 Å². The Kier molecular flexibility index (Phi) is 9.88. The molecule has 0 saturated heterocycles. The number of nitro benzene ring substituents is 1. The van der Waals surface area contributed by atoms with E-state index in [9.17, 15) is 18.5 Å². The molecule has 11 nitrogen and oxygen atoms in total. The lowest BCUT2D eigenvalue weighted by Crippen LogP contribution is -2.14. The molecule has 3 aromatic rings. The third-order valence-electron chi connectivity index (χ3n) is 5.14. The maximum atomic E-state index is 12.9. The quantitative estimate of drug-likeness (QED) is 0.156. The highest BCUT2D eigenvalue weighted by Gasteiger charge is 2.22. The zero-order chi connectivity index (χ0) is 27.5. The molecule has 38 heavy (non-hydrogen) atoms. The summed E-state index contributed by atoms with van der Waals surface area (Å²) in [5.41, 5.74) is 3.02. The van der Waals surface area contributed by atoms with Crippen LogP contribution in [0.5, 0.6) is 17.2 Å². The van der Waals surface area contributed by atoms with Crippen LogP contribution in [0.2, 0.25) is 0 Å². The van der Waals surface area contributed by atoms with Gasteiger partial charge in [-0.2, -0.15) is 5.10 Å². The monoisotopic (exact) mass is 542 g/mol. The van der Waals surface area contributed by atoms with Crippen LogP contribution in [0.25, 0.3) is 0 Å². The summed E-state index contributed by atoms with van der Waals surface area (Å²) in [5.74, 6) is 1.53. The summed E-state index contributed by atoms with van der Waals surface area (Å²) in [6, 6.07) is 15.3.